The van der Waals surface area contributed by atoms with Gasteiger partial charge in [-0.2, -0.15) is 5.10 Å². The molecule has 7 heteroatoms. The maximum atomic E-state index is 14.2. The van der Waals surface area contributed by atoms with Gasteiger partial charge in [0.15, 0.2) is 5.82 Å². The lowest BCUT2D eigenvalue weighted by Gasteiger charge is -2.15. The van der Waals surface area contributed by atoms with Gasteiger partial charge in [-0.25, -0.2) is 4.39 Å². The van der Waals surface area contributed by atoms with Crippen LogP contribution in [-0.2, 0) is 9.59 Å². The maximum Gasteiger partial charge on any atom is 0.229 e. The summed E-state index contributed by atoms with van der Waals surface area (Å²) in [5.74, 6) is -1.21. The van der Waals surface area contributed by atoms with Gasteiger partial charge >= 0.3 is 0 Å². The molecule has 1 saturated heterocycles. The molecule has 0 saturated carbocycles. The normalized spacial score (nSPS) is 16.9. The number of carbonyl (C=O) groups excluding carboxylic acids is 2. The van der Waals surface area contributed by atoms with Crippen LogP contribution in [0, 0.1) is 25.6 Å². The molecule has 3 aromatic rings. The number of amides is 2. The molecule has 0 bridgehead atoms. The van der Waals surface area contributed by atoms with Crippen molar-refractivity contribution in [2.24, 2.45) is 5.92 Å². The number of aromatic nitrogens is 2. The van der Waals surface area contributed by atoms with Gasteiger partial charge in [0.2, 0.25) is 11.8 Å². The first-order valence-electron chi connectivity index (χ1n) is 8.75. The summed E-state index contributed by atoms with van der Waals surface area (Å²) in [5, 5.41) is 9.97. The van der Waals surface area contributed by atoms with E-state index in [2.05, 4.69) is 15.5 Å². The van der Waals surface area contributed by atoms with Crippen LogP contribution in [0.5, 0.6) is 0 Å². The average molecular weight is 366 g/mol. The number of H-pyrrole nitrogens is 1. The summed E-state index contributed by atoms with van der Waals surface area (Å²) in [6.45, 7) is 4.15. The average Bonchev–Trinajstić information content (AvgIpc) is 3.22. The summed E-state index contributed by atoms with van der Waals surface area (Å²) in [6.07, 6.45) is 0.0689. The third-order valence-corrected chi connectivity index (χ3v) is 5.05. The van der Waals surface area contributed by atoms with E-state index in [9.17, 15) is 14.0 Å². The van der Waals surface area contributed by atoms with Crippen LogP contribution >= 0.6 is 0 Å². The van der Waals surface area contributed by atoms with E-state index in [1.807, 2.05) is 32.0 Å². The quantitative estimate of drug-likeness (QED) is 0.746. The Labute approximate surface area is 155 Å². The molecular formula is C20H19FN4O2. The SMILES string of the molecule is Cc1ccc(NC(=O)[C@@H]2CC(=O)N(c3n[nH]c4cccc(F)c34)C2)cc1C. The Kier molecular flexibility index (Phi) is 4.14. The van der Waals surface area contributed by atoms with E-state index in [0.717, 1.165) is 11.1 Å². The minimum Gasteiger partial charge on any atom is -0.326 e. The van der Waals surface area contributed by atoms with Gasteiger partial charge in [0.25, 0.3) is 0 Å². The first-order chi connectivity index (χ1) is 12.9. The molecule has 1 atom stereocenters. The monoisotopic (exact) mass is 366 g/mol. The van der Waals surface area contributed by atoms with Crippen molar-refractivity contribution in [1.82, 2.24) is 10.2 Å². The molecule has 1 aliphatic heterocycles. The Balaban J connectivity index is 1.54. The van der Waals surface area contributed by atoms with Crippen LogP contribution in [0.2, 0.25) is 0 Å². The Bertz CT molecular complexity index is 1060. The molecule has 0 unspecified atom stereocenters. The number of carbonyl (C=O) groups is 2. The van der Waals surface area contributed by atoms with Gasteiger partial charge in [0, 0.05) is 18.7 Å². The largest absolute Gasteiger partial charge is 0.326 e. The lowest BCUT2D eigenvalue weighted by atomic mass is 10.1. The van der Waals surface area contributed by atoms with Crippen molar-refractivity contribution in [2.45, 2.75) is 20.3 Å². The Morgan fingerprint density at radius 3 is 2.85 bits per heavy atom. The van der Waals surface area contributed by atoms with Gasteiger partial charge in [-0.1, -0.05) is 12.1 Å². The molecule has 1 fully saturated rings. The summed E-state index contributed by atoms with van der Waals surface area (Å²) in [5.41, 5.74) is 3.43. The van der Waals surface area contributed by atoms with Crippen LogP contribution in [-0.4, -0.2) is 28.6 Å². The van der Waals surface area contributed by atoms with Crippen LogP contribution in [0.15, 0.2) is 36.4 Å². The highest BCUT2D eigenvalue weighted by Crippen LogP contribution is 2.31. The standard InChI is InChI=1S/C20H19FN4O2/c1-11-6-7-14(8-12(11)2)22-20(27)13-9-17(26)25(10-13)19-18-15(21)4-3-5-16(18)23-24-19/h3-8,13H,9-10H2,1-2H3,(H,22,27)(H,23,24)/t13-/m1/s1. The number of rotatable bonds is 3. The molecule has 138 valence electrons. The van der Waals surface area contributed by atoms with E-state index >= 15 is 0 Å². The van der Waals surface area contributed by atoms with Crippen LogP contribution in [0.1, 0.15) is 17.5 Å². The number of aromatic amines is 1. The summed E-state index contributed by atoms with van der Waals surface area (Å²) in [4.78, 5) is 26.5. The number of anilines is 2. The van der Waals surface area contributed by atoms with Crippen LogP contribution < -0.4 is 10.2 Å². The summed E-state index contributed by atoms with van der Waals surface area (Å²) >= 11 is 0. The van der Waals surface area contributed by atoms with E-state index in [1.165, 1.54) is 11.0 Å². The third-order valence-electron chi connectivity index (χ3n) is 5.05. The number of nitrogens with zero attached hydrogens (tertiary/aromatic N) is 2. The lowest BCUT2D eigenvalue weighted by Crippen LogP contribution is -2.28. The molecule has 27 heavy (non-hydrogen) atoms. The molecular weight excluding hydrogens is 347 g/mol. The number of halogens is 1. The van der Waals surface area contributed by atoms with Gasteiger partial charge in [0.05, 0.1) is 16.8 Å². The highest BCUT2D eigenvalue weighted by Gasteiger charge is 2.37. The van der Waals surface area contributed by atoms with Crippen molar-refractivity contribution in [3.8, 4) is 0 Å². The molecule has 2 heterocycles. The fourth-order valence-electron chi connectivity index (χ4n) is 3.36. The molecule has 1 aliphatic rings. The van der Waals surface area contributed by atoms with Gasteiger partial charge < -0.3 is 5.32 Å². The molecule has 2 N–H and O–H groups in total. The molecule has 4 rings (SSSR count). The minimum absolute atomic E-state index is 0.0689. The summed E-state index contributed by atoms with van der Waals surface area (Å²) in [7, 11) is 0. The second-order valence-corrected chi connectivity index (χ2v) is 6.90. The second-order valence-electron chi connectivity index (χ2n) is 6.90. The zero-order chi connectivity index (χ0) is 19.1. The van der Waals surface area contributed by atoms with Gasteiger partial charge in [-0.3, -0.25) is 19.6 Å². The number of hydrogen-bond acceptors (Lipinski definition) is 3. The van der Waals surface area contributed by atoms with E-state index in [1.54, 1.807) is 12.1 Å². The molecule has 0 aliphatic carbocycles. The van der Waals surface area contributed by atoms with Crippen molar-refractivity contribution in [3.05, 3.63) is 53.3 Å². The fraction of sp³-hybridized carbons (Fsp3) is 0.250. The van der Waals surface area contributed by atoms with E-state index in [4.69, 9.17) is 0 Å². The van der Waals surface area contributed by atoms with E-state index in [0.29, 0.717) is 11.2 Å². The Morgan fingerprint density at radius 2 is 2.07 bits per heavy atom. The fourth-order valence-corrected chi connectivity index (χ4v) is 3.36. The van der Waals surface area contributed by atoms with Crippen molar-refractivity contribution in [3.63, 3.8) is 0 Å². The predicted octanol–water partition coefficient (Wildman–Crippen LogP) is 3.31. The number of aryl methyl sites for hydroxylation is 2. The number of benzene rings is 2. The third kappa shape index (κ3) is 3.05. The molecule has 6 nitrogen and oxygen atoms in total. The predicted molar refractivity (Wildman–Crippen MR) is 101 cm³/mol. The van der Waals surface area contributed by atoms with Crippen molar-refractivity contribution in [2.75, 3.05) is 16.8 Å². The molecule has 0 spiro atoms. The molecule has 0 radical (unpaired) electrons. The number of nitrogens with one attached hydrogen (secondary N) is 2. The van der Waals surface area contributed by atoms with Crippen LogP contribution in [0.25, 0.3) is 10.9 Å². The number of fused-ring (bicyclic) bond motifs is 1. The van der Waals surface area contributed by atoms with Crippen molar-refractivity contribution >= 4 is 34.2 Å². The maximum absolute atomic E-state index is 14.2. The highest BCUT2D eigenvalue weighted by molar-refractivity contribution is 6.07. The minimum atomic E-state index is -0.516. The summed E-state index contributed by atoms with van der Waals surface area (Å²) in [6, 6.07) is 10.3. The summed E-state index contributed by atoms with van der Waals surface area (Å²) < 4.78 is 14.2. The van der Waals surface area contributed by atoms with E-state index in [-0.39, 0.29) is 36.0 Å². The van der Waals surface area contributed by atoms with Crippen LogP contribution in [0.3, 0.4) is 0 Å². The van der Waals surface area contributed by atoms with Gasteiger partial charge in [-0.15, -0.1) is 0 Å². The van der Waals surface area contributed by atoms with Gasteiger partial charge in [0.1, 0.15) is 5.82 Å². The Morgan fingerprint density at radius 1 is 1.26 bits per heavy atom. The first kappa shape index (κ1) is 17.2. The highest BCUT2D eigenvalue weighted by atomic mass is 19.1. The molecule has 2 amide bonds. The zero-order valence-electron chi connectivity index (χ0n) is 15.0. The number of hydrogen-bond donors (Lipinski definition) is 2. The zero-order valence-corrected chi connectivity index (χ0v) is 15.0. The van der Waals surface area contributed by atoms with E-state index < -0.39 is 11.7 Å². The second kappa shape index (κ2) is 6.50. The topological polar surface area (TPSA) is 78.1 Å². The lowest BCUT2D eigenvalue weighted by molar-refractivity contribution is -0.122. The molecule has 2 aromatic carbocycles. The van der Waals surface area contributed by atoms with Crippen LogP contribution in [0.4, 0.5) is 15.9 Å². The van der Waals surface area contributed by atoms with Crippen molar-refractivity contribution < 1.29 is 14.0 Å². The Hall–Kier alpha value is -3.22. The smallest absolute Gasteiger partial charge is 0.229 e. The first-order valence-corrected chi connectivity index (χ1v) is 8.75. The van der Waals surface area contributed by atoms with Gasteiger partial charge in [-0.05, 0) is 49.2 Å². The molecule has 1 aromatic heterocycles. The van der Waals surface area contributed by atoms with Crippen molar-refractivity contribution in [1.29, 1.82) is 0 Å².